The Kier molecular flexibility index (Phi) is 14.6. The number of alkyl halides is 1. The van der Waals surface area contributed by atoms with E-state index in [1.54, 1.807) is 12.1 Å². The summed E-state index contributed by atoms with van der Waals surface area (Å²) < 4.78 is 5.56. The fraction of sp³-hybridized carbons (Fsp3) is 0.281. The van der Waals surface area contributed by atoms with Crippen molar-refractivity contribution in [2.24, 2.45) is 0 Å². The van der Waals surface area contributed by atoms with Gasteiger partial charge in [-0.25, -0.2) is 0 Å². The number of benzene rings is 3. The van der Waals surface area contributed by atoms with E-state index >= 15 is 0 Å². The van der Waals surface area contributed by atoms with E-state index in [4.69, 9.17) is 4.74 Å². The minimum Gasteiger partial charge on any atom is -0.357 e. The smallest absolute Gasteiger partial charge is 0.243 e. The second-order valence-corrected chi connectivity index (χ2v) is 10.3. The Morgan fingerprint density at radius 2 is 1.11 bits per heavy atom. The molecule has 12 heteroatoms. The fourth-order valence-electron chi connectivity index (χ4n) is 4.01. The molecule has 11 nitrogen and oxygen atoms in total. The van der Waals surface area contributed by atoms with Gasteiger partial charge in [-0.05, 0) is 28.7 Å². The minimum absolute atomic E-state index is 0.0412. The maximum atomic E-state index is 12.9. The highest BCUT2D eigenvalue weighted by molar-refractivity contribution is 9.09. The van der Waals surface area contributed by atoms with Crippen molar-refractivity contribution in [1.29, 1.82) is 0 Å². The number of nitrogens with one attached hydrogen (secondary N) is 5. The molecule has 44 heavy (non-hydrogen) atoms. The molecule has 0 aromatic heterocycles. The monoisotopic (exact) mass is 665 g/mol. The highest BCUT2D eigenvalue weighted by atomic mass is 79.9. The third kappa shape index (κ3) is 13.2. The largest absolute Gasteiger partial charge is 0.357 e. The standard InChI is InChI=1S/C32H36BrN5O6/c33-17-28(39)34-18-29(40)35-20-31(42)38-27(16-24-9-5-2-6-10-24)32(43)36-19-30(41)37-22-44-21-26-13-11-25(12-14-26)15-23-7-3-1-4-8-23/h1-14,27H,15-22H2,(H,34,39)(H,35,40)(H,36,43)(H,37,41)(H,38,42). The summed E-state index contributed by atoms with van der Waals surface area (Å²) >= 11 is 2.97. The van der Waals surface area contributed by atoms with Crippen LogP contribution in [-0.2, 0) is 48.2 Å². The Bertz CT molecular complexity index is 1370. The first-order valence-corrected chi connectivity index (χ1v) is 15.1. The highest BCUT2D eigenvalue weighted by Crippen LogP contribution is 2.11. The van der Waals surface area contributed by atoms with Gasteiger partial charge in [0.2, 0.25) is 29.5 Å². The van der Waals surface area contributed by atoms with E-state index in [0.29, 0.717) is 6.61 Å². The lowest BCUT2D eigenvalue weighted by molar-refractivity contribution is -0.131. The maximum absolute atomic E-state index is 12.9. The molecule has 0 bridgehead atoms. The lowest BCUT2D eigenvalue weighted by Gasteiger charge is -2.19. The van der Waals surface area contributed by atoms with Crippen molar-refractivity contribution in [1.82, 2.24) is 26.6 Å². The molecule has 3 aromatic carbocycles. The van der Waals surface area contributed by atoms with Gasteiger partial charge >= 0.3 is 0 Å². The van der Waals surface area contributed by atoms with E-state index in [1.165, 1.54) is 11.1 Å². The third-order valence-electron chi connectivity index (χ3n) is 6.29. The van der Waals surface area contributed by atoms with Gasteiger partial charge in [-0.2, -0.15) is 0 Å². The van der Waals surface area contributed by atoms with Crippen LogP contribution in [0.4, 0.5) is 0 Å². The summed E-state index contributed by atoms with van der Waals surface area (Å²) in [6.45, 7) is -0.731. The topological polar surface area (TPSA) is 155 Å². The van der Waals surface area contributed by atoms with E-state index < -0.39 is 36.2 Å². The molecule has 5 N–H and O–H groups in total. The molecular formula is C32H36BrN5O6. The van der Waals surface area contributed by atoms with Crippen molar-refractivity contribution >= 4 is 45.5 Å². The molecule has 5 amide bonds. The molecule has 0 aliphatic heterocycles. The van der Waals surface area contributed by atoms with E-state index in [-0.39, 0.29) is 37.5 Å². The van der Waals surface area contributed by atoms with Crippen LogP contribution in [0.1, 0.15) is 22.3 Å². The second-order valence-electron chi connectivity index (χ2n) is 9.79. The van der Waals surface area contributed by atoms with Gasteiger partial charge in [0.25, 0.3) is 0 Å². The first-order valence-electron chi connectivity index (χ1n) is 14.0. The van der Waals surface area contributed by atoms with Crippen LogP contribution in [0.25, 0.3) is 0 Å². The average Bonchev–Trinajstić information content (AvgIpc) is 3.04. The van der Waals surface area contributed by atoms with Gasteiger partial charge in [0, 0.05) is 6.42 Å². The zero-order valence-electron chi connectivity index (χ0n) is 24.1. The number of hydrogen-bond donors (Lipinski definition) is 5. The molecule has 0 heterocycles. The number of carbonyl (C=O) groups excluding carboxylic acids is 5. The molecule has 232 valence electrons. The van der Waals surface area contributed by atoms with E-state index in [1.807, 2.05) is 60.7 Å². The van der Waals surface area contributed by atoms with Crippen molar-refractivity contribution in [2.45, 2.75) is 25.5 Å². The van der Waals surface area contributed by atoms with Crippen LogP contribution < -0.4 is 26.6 Å². The van der Waals surface area contributed by atoms with Gasteiger partial charge in [0.15, 0.2) is 0 Å². The first kappa shape index (κ1) is 33.9. The lowest BCUT2D eigenvalue weighted by atomic mass is 10.0. The number of hydrogen-bond acceptors (Lipinski definition) is 6. The van der Waals surface area contributed by atoms with Crippen molar-refractivity contribution < 1.29 is 28.7 Å². The maximum Gasteiger partial charge on any atom is 0.243 e. The van der Waals surface area contributed by atoms with E-state index in [2.05, 4.69) is 54.6 Å². The molecule has 0 saturated carbocycles. The summed E-state index contributed by atoms with van der Waals surface area (Å²) in [5.74, 6) is -2.56. The lowest BCUT2D eigenvalue weighted by Crippen LogP contribution is -2.52. The molecule has 1 atom stereocenters. The number of carbonyl (C=O) groups is 5. The second kappa shape index (κ2) is 18.9. The normalized spacial score (nSPS) is 11.1. The van der Waals surface area contributed by atoms with Crippen LogP contribution in [-0.4, -0.2) is 67.3 Å². The van der Waals surface area contributed by atoms with Gasteiger partial charge < -0.3 is 31.3 Å². The molecule has 0 saturated heterocycles. The summed E-state index contributed by atoms with van der Waals surface area (Å²) in [7, 11) is 0. The van der Waals surface area contributed by atoms with Gasteiger partial charge in [-0.1, -0.05) is 101 Å². The molecule has 3 rings (SSSR count). The summed E-state index contributed by atoms with van der Waals surface area (Å²) in [6, 6.07) is 26.3. The van der Waals surface area contributed by atoms with Crippen LogP contribution >= 0.6 is 15.9 Å². The Hall–Kier alpha value is -4.55. The summed E-state index contributed by atoms with van der Waals surface area (Å²) in [4.78, 5) is 60.8. The highest BCUT2D eigenvalue weighted by Gasteiger charge is 2.22. The van der Waals surface area contributed by atoms with Crippen molar-refractivity contribution in [3.8, 4) is 0 Å². The van der Waals surface area contributed by atoms with Crippen LogP contribution in [0.2, 0.25) is 0 Å². The van der Waals surface area contributed by atoms with E-state index in [9.17, 15) is 24.0 Å². The van der Waals surface area contributed by atoms with Crippen LogP contribution in [0, 0.1) is 0 Å². The number of ether oxygens (including phenoxy) is 1. The average molecular weight is 667 g/mol. The fourth-order valence-corrected chi connectivity index (χ4v) is 4.21. The SMILES string of the molecule is O=C(CBr)NCC(=O)NCC(=O)NC(Cc1ccccc1)C(=O)NCC(=O)NCOCc1ccc(Cc2ccccc2)cc1. The number of halogens is 1. The Morgan fingerprint density at radius 1 is 0.591 bits per heavy atom. The van der Waals surface area contributed by atoms with Crippen molar-refractivity contribution in [2.75, 3.05) is 31.7 Å². The predicted octanol–water partition coefficient (Wildman–Crippen LogP) is 1.34. The van der Waals surface area contributed by atoms with Crippen LogP contribution in [0.3, 0.4) is 0 Å². The van der Waals surface area contributed by atoms with E-state index in [0.717, 1.165) is 17.5 Å². The predicted molar refractivity (Wildman–Crippen MR) is 168 cm³/mol. The summed E-state index contributed by atoms with van der Waals surface area (Å²) in [6.07, 6.45) is 1.01. The Balaban J connectivity index is 1.39. The van der Waals surface area contributed by atoms with Crippen molar-refractivity contribution in [3.63, 3.8) is 0 Å². The number of amides is 5. The molecule has 0 aliphatic rings. The zero-order chi connectivity index (χ0) is 31.6. The molecule has 1 unspecified atom stereocenters. The molecular weight excluding hydrogens is 630 g/mol. The zero-order valence-corrected chi connectivity index (χ0v) is 25.7. The first-order chi connectivity index (χ1) is 21.3. The molecule has 0 fully saturated rings. The number of rotatable bonds is 17. The molecule has 0 spiro atoms. The Labute approximate surface area is 264 Å². The summed E-state index contributed by atoms with van der Waals surface area (Å²) in [5.41, 5.74) is 4.17. The van der Waals surface area contributed by atoms with Gasteiger partial charge in [0.05, 0.1) is 31.6 Å². The quantitative estimate of drug-likeness (QED) is 0.0833. The third-order valence-corrected chi connectivity index (χ3v) is 6.79. The van der Waals surface area contributed by atoms with Crippen LogP contribution in [0.15, 0.2) is 84.9 Å². The molecule has 0 radical (unpaired) electrons. The van der Waals surface area contributed by atoms with Gasteiger partial charge in [0.1, 0.15) is 12.8 Å². The van der Waals surface area contributed by atoms with Crippen LogP contribution in [0.5, 0.6) is 0 Å². The summed E-state index contributed by atoms with van der Waals surface area (Å²) in [5, 5.41) is 12.5. The van der Waals surface area contributed by atoms with Crippen molar-refractivity contribution in [3.05, 3.63) is 107 Å². The minimum atomic E-state index is -0.996. The Morgan fingerprint density at radius 3 is 1.77 bits per heavy atom. The molecule has 0 aliphatic carbocycles. The van der Waals surface area contributed by atoms with Gasteiger partial charge in [-0.3, -0.25) is 24.0 Å². The molecule has 3 aromatic rings. The van der Waals surface area contributed by atoms with Gasteiger partial charge in [-0.15, -0.1) is 0 Å².